The van der Waals surface area contributed by atoms with E-state index in [-0.39, 0.29) is 5.78 Å². The Bertz CT molecular complexity index is 686. The zero-order valence-corrected chi connectivity index (χ0v) is 19.4. The maximum absolute atomic E-state index is 11.5. The second kappa shape index (κ2) is 11.6. The van der Waals surface area contributed by atoms with Gasteiger partial charge in [0.2, 0.25) is 0 Å². The third kappa shape index (κ3) is 6.85. The zero-order chi connectivity index (χ0) is 21.5. The van der Waals surface area contributed by atoms with E-state index in [1.54, 1.807) is 6.92 Å². The van der Waals surface area contributed by atoms with Crippen molar-refractivity contribution in [2.45, 2.75) is 58.0 Å². The number of piperazine rings is 1. The van der Waals surface area contributed by atoms with Crippen molar-refractivity contribution in [2.24, 2.45) is 5.92 Å². The second-order valence-electron chi connectivity index (χ2n) is 9.90. The molecule has 0 N–H and O–H groups in total. The summed E-state index contributed by atoms with van der Waals surface area (Å²) in [6, 6.07) is 8.83. The summed E-state index contributed by atoms with van der Waals surface area (Å²) in [5.41, 5.74) is 2.11. The van der Waals surface area contributed by atoms with Crippen molar-refractivity contribution in [1.29, 1.82) is 0 Å². The number of fused-ring (bicyclic) bond motifs is 1. The average Bonchev–Trinajstić information content (AvgIpc) is 2.80. The fourth-order valence-electron chi connectivity index (χ4n) is 5.55. The van der Waals surface area contributed by atoms with Crippen LogP contribution in [0.3, 0.4) is 0 Å². The highest BCUT2D eigenvalue weighted by Crippen LogP contribution is 2.27. The number of nitrogens with zero attached hydrogens (tertiary/aromatic N) is 3. The quantitative estimate of drug-likeness (QED) is 0.444. The van der Waals surface area contributed by atoms with Crippen LogP contribution in [0.5, 0.6) is 0 Å². The molecular weight excluding hydrogens is 386 g/mol. The van der Waals surface area contributed by atoms with Gasteiger partial charge in [-0.2, -0.15) is 0 Å². The summed E-state index contributed by atoms with van der Waals surface area (Å²) in [6.07, 6.45) is 7.90. The molecule has 172 valence electrons. The molecule has 0 bridgehead atoms. The zero-order valence-electron chi connectivity index (χ0n) is 19.4. The number of hydrogen-bond donors (Lipinski definition) is 0. The molecule has 4 rings (SSSR count). The number of ketones is 1. The van der Waals surface area contributed by atoms with Gasteiger partial charge in [-0.1, -0.05) is 30.7 Å². The van der Waals surface area contributed by atoms with Crippen molar-refractivity contribution in [3.63, 3.8) is 0 Å². The van der Waals surface area contributed by atoms with Gasteiger partial charge in [-0.05, 0) is 70.1 Å². The number of ether oxygens (including phenoxy) is 1. The van der Waals surface area contributed by atoms with Gasteiger partial charge in [0.1, 0.15) is 0 Å². The molecule has 1 aromatic rings. The summed E-state index contributed by atoms with van der Waals surface area (Å²) in [6.45, 7) is 13.0. The Morgan fingerprint density at radius 2 is 1.81 bits per heavy atom. The highest BCUT2D eigenvalue weighted by atomic mass is 16.5. The molecule has 5 heteroatoms. The summed E-state index contributed by atoms with van der Waals surface area (Å²) in [5, 5.41) is 0. The fourth-order valence-corrected chi connectivity index (χ4v) is 5.55. The SMILES string of the molecule is CC(=O)c1ccc(CN2CCN3CC[C@H](COCCCN4CCCCC4)C[C@H]3C2)cc1. The van der Waals surface area contributed by atoms with Crippen LogP contribution >= 0.6 is 0 Å². The van der Waals surface area contributed by atoms with Gasteiger partial charge in [-0.25, -0.2) is 0 Å². The third-order valence-electron chi connectivity index (χ3n) is 7.45. The van der Waals surface area contributed by atoms with Crippen LogP contribution < -0.4 is 0 Å². The molecule has 3 aliphatic rings. The molecule has 2 atom stereocenters. The predicted molar refractivity (Wildman–Crippen MR) is 126 cm³/mol. The van der Waals surface area contributed by atoms with Crippen LogP contribution in [0.1, 0.15) is 61.4 Å². The van der Waals surface area contributed by atoms with Crippen molar-refractivity contribution in [1.82, 2.24) is 14.7 Å². The molecular formula is C26H41N3O2. The van der Waals surface area contributed by atoms with Crippen LogP contribution in [0.2, 0.25) is 0 Å². The van der Waals surface area contributed by atoms with Crippen LogP contribution in [0, 0.1) is 5.92 Å². The first-order valence-corrected chi connectivity index (χ1v) is 12.5. The lowest BCUT2D eigenvalue weighted by atomic mass is 9.90. The Morgan fingerprint density at radius 3 is 2.58 bits per heavy atom. The molecule has 0 saturated carbocycles. The second-order valence-corrected chi connectivity index (χ2v) is 9.90. The largest absolute Gasteiger partial charge is 0.381 e. The van der Waals surface area contributed by atoms with Gasteiger partial charge in [0.25, 0.3) is 0 Å². The molecule has 3 heterocycles. The molecule has 3 saturated heterocycles. The number of Topliss-reactive ketones (excluding diaryl/α,β-unsaturated/α-hetero) is 1. The minimum absolute atomic E-state index is 0.141. The first-order chi connectivity index (χ1) is 15.2. The van der Waals surface area contributed by atoms with Gasteiger partial charge in [0.15, 0.2) is 5.78 Å². The molecule has 5 nitrogen and oxygen atoms in total. The van der Waals surface area contributed by atoms with Gasteiger partial charge < -0.3 is 9.64 Å². The van der Waals surface area contributed by atoms with Crippen LogP contribution in [-0.4, -0.2) is 85.6 Å². The van der Waals surface area contributed by atoms with Gasteiger partial charge in [0.05, 0.1) is 0 Å². The van der Waals surface area contributed by atoms with Crippen LogP contribution in [0.4, 0.5) is 0 Å². The minimum atomic E-state index is 0.141. The average molecular weight is 428 g/mol. The number of hydrogen-bond acceptors (Lipinski definition) is 5. The Morgan fingerprint density at radius 1 is 1.00 bits per heavy atom. The Balaban J connectivity index is 1.15. The van der Waals surface area contributed by atoms with Crippen molar-refractivity contribution in [2.75, 3.05) is 59.0 Å². The first kappa shape index (κ1) is 22.9. The van der Waals surface area contributed by atoms with Crippen molar-refractivity contribution < 1.29 is 9.53 Å². The first-order valence-electron chi connectivity index (χ1n) is 12.5. The van der Waals surface area contributed by atoms with Crippen LogP contribution in [0.25, 0.3) is 0 Å². The number of carbonyl (C=O) groups is 1. The monoisotopic (exact) mass is 427 g/mol. The topological polar surface area (TPSA) is 36.0 Å². The predicted octanol–water partition coefficient (Wildman–Crippen LogP) is 3.68. The maximum Gasteiger partial charge on any atom is 0.159 e. The fraction of sp³-hybridized carbons (Fsp3) is 0.731. The van der Waals surface area contributed by atoms with Crippen LogP contribution in [0.15, 0.2) is 24.3 Å². The summed E-state index contributed by atoms with van der Waals surface area (Å²) in [7, 11) is 0. The van der Waals surface area contributed by atoms with Crippen molar-refractivity contribution >= 4 is 5.78 Å². The number of benzene rings is 1. The lowest BCUT2D eigenvalue weighted by Gasteiger charge is -2.46. The van der Waals surface area contributed by atoms with E-state index in [9.17, 15) is 4.79 Å². The molecule has 0 aliphatic carbocycles. The van der Waals surface area contributed by atoms with Crippen molar-refractivity contribution in [3.05, 3.63) is 35.4 Å². The highest BCUT2D eigenvalue weighted by molar-refractivity contribution is 5.93. The Labute approximate surface area is 188 Å². The molecule has 1 aromatic carbocycles. The van der Waals surface area contributed by atoms with E-state index in [1.165, 1.54) is 76.8 Å². The van der Waals surface area contributed by atoms with Crippen LogP contribution in [-0.2, 0) is 11.3 Å². The molecule has 0 aromatic heterocycles. The standard InChI is InChI=1S/C26H41N3O2/c1-22(30)25-8-6-23(7-9-25)19-28-15-16-29-14-10-24(18-26(29)20-28)21-31-17-5-13-27-11-3-2-4-12-27/h6-9,24,26H,2-5,10-21H2,1H3/t24-,26-/m0/s1. The lowest BCUT2D eigenvalue weighted by Crippen LogP contribution is -2.56. The van der Waals surface area contributed by atoms with E-state index in [2.05, 4.69) is 26.8 Å². The maximum atomic E-state index is 11.5. The molecule has 0 spiro atoms. The molecule has 0 radical (unpaired) electrons. The van der Waals surface area contributed by atoms with Gasteiger partial charge in [0, 0.05) is 57.5 Å². The van der Waals surface area contributed by atoms with Crippen molar-refractivity contribution in [3.8, 4) is 0 Å². The summed E-state index contributed by atoms with van der Waals surface area (Å²) in [4.78, 5) is 19.4. The highest BCUT2D eigenvalue weighted by Gasteiger charge is 2.33. The molecule has 3 aliphatic heterocycles. The van der Waals surface area contributed by atoms with E-state index in [4.69, 9.17) is 4.74 Å². The van der Waals surface area contributed by atoms with E-state index in [0.717, 1.165) is 38.4 Å². The molecule has 0 amide bonds. The molecule has 3 fully saturated rings. The Kier molecular flexibility index (Phi) is 8.54. The Hall–Kier alpha value is -1.27. The van der Waals surface area contributed by atoms with Gasteiger partial charge in [-0.15, -0.1) is 0 Å². The van der Waals surface area contributed by atoms with Gasteiger partial charge >= 0.3 is 0 Å². The number of likely N-dealkylation sites (tertiary alicyclic amines) is 1. The molecule has 31 heavy (non-hydrogen) atoms. The smallest absolute Gasteiger partial charge is 0.159 e. The third-order valence-corrected chi connectivity index (χ3v) is 7.45. The normalized spacial score (nSPS) is 26.0. The number of carbonyl (C=O) groups excluding carboxylic acids is 1. The molecule has 0 unspecified atom stereocenters. The van der Waals surface area contributed by atoms with E-state index >= 15 is 0 Å². The lowest BCUT2D eigenvalue weighted by molar-refractivity contribution is -0.000116. The van der Waals surface area contributed by atoms with Gasteiger partial charge in [-0.3, -0.25) is 14.6 Å². The minimum Gasteiger partial charge on any atom is -0.381 e. The number of piperidine rings is 2. The van der Waals surface area contributed by atoms with E-state index in [1.807, 2.05) is 12.1 Å². The summed E-state index contributed by atoms with van der Waals surface area (Å²) >= 11 is 0. The van der Waals surface area contributed by atoms with E-state index in [0.29, 0.717) is 12.0 Å². The summed E-state index contributed by atoms with van der Waals surface area (Å²) in [5.74, 6) is 0.855. The summed E-state index contributed by atoms with van der Waals surface area (Å²) < 4.78 is 6.11. The van der Waals surface area contributed by atoms with E-state index < -0.39 is 0 Å². The number of rotatable bonds is 9.